The van der Waals surface area contributed by atoms with Gasteiger partial charge in [-0.1, -0.05) is 30.3 Å². The lowest BCUT2D eigenvalue weighted by molar-refractivity contribution is 0.0690. The molecule has 6 heteroatoms. The van der Waals surface area contributed by atoms with E-state index in [9.17, 15) is 9.59 Å². The molecular formula is C15H13NO5. The maximum absolute atomic E-state index is 11.2. The van der Waals surface area contributed by atoms with Crippen molar-refractivity contribution in [2.45, 2.75) is 13.5 Å². The van der Waals surface area contributed by atoms with Crippen molar-refractivity contribution in [2.24, 2.45) is 0 Å². The number of carboxylic acid groups (broad SMARTS) is 2. The molecule has 0 unspecified atom stereocenters. The first-order chi connectivity index (χ1) is 9.99. The number of nitrogens with zero attached hydrogens (tertiary/aromatic N) is 1. The van der Waals surface area contributed by atoms with Crippen LogP contribution in [0.1, 0.15) is 32.0 Å². The molecule has 0 amide bonds. The molecule has 2 N–H and O–H groups in total. The Bertz CT molecular complexity index is 682. The second-order valence-electron chi connectivity index (χ2n) is 4.36. The van der Waals surface area contributed by atoms with E-state index in [1.165, 1.54) is 6.92 Å². The van der Waals surface area contributed by atoms with Crippen LogP contribution in [0.15, 0.2) is 36.4 Å². The largest absolute Gasteiger partial charge is 0.478 e. The summed E-state index contributed by atoms with van der Waals surface area (Å²) in [6, 6.07) is 10.3. The first-order valence-electron chi connectivity index (χ1n) is 6.14. The van der Waals surface area contributed by atoms with E-state index in [1.54, 1.807) is 0 Å². The third-order valence-corrected chi connectivity index (χ3v) is 2.86. The molecule has 1 aromatic heterocycles. The number of aromatic carboxylic acids is 2. The second-order valence-corrected chi connectivity index (χ2v) is 4.36. The predicted molar refractivity (Wildman–Crippen MR) is 73.7 cm³/mol. The summed E-state index contributed by atoms with van der Waals surface area (Å²) in [5.74, 6) is -2.60. The minimum atomic E-state index is -1.28. The average Bonchev–Trinajstić information content (AvgIpc) is 2.45. The van der Waals surface area contributed by atoms with Crippen LogP contribution in [0.25, 0.3) is 0 Å². The molecule has 0 atom stereocenters. The summed E-state index contributed by atoms with van der Waals surface area (Å²) < 4.78 is 5.42. The number of carbonyl (C=O) groups is 2. The molecule has 2 aromatic rings. The van der Waals surface area contributed by atoms with Gasteiger partial charge in [-0.2, -0.15) is 0 Å². The summed E-state index contributed by atoms with van der Waals surface area (Å²) in [6.07, 6.45) is 0. The lowest BCUT2D eigenvalue weighted by Crippen LogP contribution is -2.10. The molecule has 2 rings (SSSR count). The molecule has 6 nitrogen and oxygen atoms in total. The molecule has 0 saturated heterocycles. The smallest absolute Gasteiger partial charge is 0.341 e. The summed E-state index contributed by atoms with van der Waals surface area (Å²) >= 11 is 0. The van der Waals surface area contributed by atoms with Crippen molar-refractivity contribution >= 4 is 11.9 Å². The van der Waals surface area contributed by atoms with Crippen LogP contribution in [-0.2, 0) is 6.61 Å². The van der Waals surface area contributed by atoms with Crippen molar-refractivity contribution in [2.75, 3.05) is 0 Å². The third-order valence-electron chi connectivity index (χ3n) is 2.86. The van der Waals surface area contributed by atoms with Gasteiger partial charge in [-0.15, -0.1) is 0 Å². The van der Waals surface area contributed by atoms with E-state index in [0.717, 1.165) is 11.6 Å². The van der Waals surface area contributed by atoms with E-state index >= 15 is 0 Å². The number of hydrogen-bond acceptors (Lipinski definition) is 4. The summed E-state index contributed by atoms with van der Waals surface area (Å²) in [5, 5.41) is 18.1. The van der Waals surface area contributed by atoms with Gasteiger partial charge in [0.05, 0.1) is 11.3 Å². The Morgan fingerprint density at radius 2 is 1.71 bits per heavy atom. The van der Waals surface area contributed by atoms with E-state index in [4.69, 9.17) is 14.9 Å². The fourth-order valence-electron chi connectivity index (χ4n) is 1.79. The fourth-order valence-corrected chi connectivity index (χ4v) is 1.79. The van der Waals surface area contributed by atoms with Crippen LogP contribution in [0.3, 0.4) is 0 Å². The minimum absolute atomic E-state index is 0.0890. The van der Waals surface area contributed by atoms with Crippen LogP contribution < -0.4 is 4.74 Å². The molecule has 0 radical (unpaired) electrons. The molecule has 0 saturated carbocycles. The van der Waals surface area contributed by atoms with Crippen LogP contribution in [0.5, 0.6) is 5.88 Å². The van der Waals surface area contributed by atoms with E-state index in [2.05, 4.69) is 4.98 Å². The molecule has 1 heterocycles. The zero-order valence-electron chi connectivity index (χ0n) is 11.2. The fraction of sp³-hybridized carbons (Fsp3) is 0.133. The topological polar surface area (TPSA) is 96.7 Å². The maximum atomic E-state index is 11.2. The van der Waals surface area contributed by atoms with Gasteiger partial charge in [0.15, 0.2) is 0 Å². The van der Waals surface area contributed by atoms with Gasteiger partial charge in [0, 0.05) is 0 Å². The molecule has 0 fully saturated rings. The monoisotopic (exact) mass is 287 g/mol. The minimum Gasteiger partial charge on any atom is -0.478 e. The Labute approximate surface area is 120 Å². The standard InChI is InChI=1S/C15H13NO5/c1-9-11(14(17)18)7-12(15(19)20)13(16-9)21-8-10-5-3-2-4-6-10/h2-7H,8H2,1H3,(H,17,18)(H,19,20). The Morgan fingerprint density at radius 3 is 2.29 bits per heavy atom. The van der Waals surface area contributed by atoms with E-state index in [-0.39, 0.29) is 29.3 Å². The van der Waals surface area contributed by atoms with E-state index in [0.29, 0.717) is 0 Å². The van der Waals surface area contributed by atoms with Gasteiger partial charge in [-0.3, -0.25) is 0 Å². The molecule has 0 bridgehead atoms. The van der Waals surface area contributed by atoms with Gasteiger partial charge in [0.2, 0.25) is 5.88 Å². The second kappa shape index (κ2) is 6.04. The molecule has 0 aliphatic rings. The number of aromatic nitrogens is 1. The average molecular weight is 287 g/mol. The number of hydrogen-bond donors (Lipinski definition) is 2. The molecule has 21 heavy (non-hydrogen) atoms. The first kappa shape index (κ1) is 14.5. The molecule has 0 aliphatic carbocycles. The number of rotatable bonds is 5. The molecular weight excluding hydrogens is 274 g/mol. The van der Waals surface area contributed by atoms with Crippen LogP contribution in [0.2, 0.25) is 0 Å². The zero-order chi connectivity index (χ0) is 15.4. The van der Waals surface area contributed by atoms with Gasteiger partial charge in [-0.05, 0) is 18.6 Å². The van der Waals surface area contributed by atoms with Gasteiger partial charge in [-0.25, -0.2) is 14.6 Å². The molecule has 108 valence electrons. The summed E-state index contributed by atoms with van der Waals surface area (Å²) in [4.78, 5) is 26.2. The summed E-state index contributed by atoms with van der Waals surface area (Å²) in [7, 11) is 0. The highest BCUT2D eigenvalue weighted by atomic mass is 16.5. The molecule has 0 aliphatic heterocycles. The SMILES string of the molecule is Cc1nc(OCc2ccccc2)c(C(=O)O)cc1C(=O)O. The van der Waals surface area contributed by atoms with E-state index in [1.807, 2.05) is 30.3 Å². The molecule has 0 spiro atoms. The Kier molecular flexibility index (Phi) is 4.18. The van der Waals surface area contributed by atoms with Crippen molar-refractivity contribution in [3.8, 4) is 5.88 Å². The number of carboxylic acids is 2. The third kappa shape index (κ3) is 3.36. The van der Waals surface area contributed by atoms with Crippen molar-refractivity contribution < 1.29 is 24.5 Å². The van der Waals surface area contributed by atoms with Crippen molar-refractivity contribution in [1.29, 1.82) is 0 Å². The van der Waals surface area contributed by atoms with Gasteiger partial charge in [0.1, 0.15) is 12.2 Å². The summed E-state index contributed by atoms with van der Waals surface area (Å²) in [5.41, 5.74) is 0.638. The van der Waals surface area contributed by atoms with Crippen LogP contribution in [0, 0.1) is 6.92 Å². The van der Waals surface area contributed by atoms with Crippen LogP contribution in [-0.4, -0.2) is 27.1 Å². The van der Waals surface area contributed by atoms with Crippen molar-refractivity contribution in [3.63, 3.8) is 0 Å². The van der Waals surface area contributed by atoms with Crippen molar-refractivity contribution in [1.82, 2.24) is 4.98 Å². The first-order valence-corrected chi connectivity index (χ1v) is 6.14. The van der Waals surface area contributed by atoms with Crippen molar-refractivity contribution in [3.05, 3.63) is 58.8 Å². The lowest BCUT2D eigenvalue weighted by Gasteiger charge is -2.10. The predicted octanol–water partition coefficient (Wildman–Crippen LogP) is 2.37. The van der Waals surface area contributed by atoms with Crippen LogP contribution in [0.4, 0.5) is 0 Å². The number of benzene rings is 1. The number of ether oxygens (including phenoxy) is 1. The summed E-state index contributed by atoms with van der Waals surface area (Å²) in [6.45, 7) is 1.64. The molecule has 1 aromatic carbocycles. The van der Waals surface area contributed by atoms with Crippen LogP contribution >= 0.6 is 0 Å². The van der Waals surface area contributed by atoms with Gasteiger partial charge >= 0.3 is 11.9 Å². The van der Waals surface area contributed by atoms with Gasteiger partial charge in [0.25, 0.3) is 0 Å². The van der Waals surface area contributed by atoms with E-state index < -0.39 is 11.9 Å². The Morgan fingerprint density at radius 1 is 1.10 bits per heavy atom. The highest BCUT2D eigenvalue weighted by Crippen LogP contribution is 2.21. The zero-order valence-corrected chi connectivity index (χ0v) is 11.2. The highest BCUT2D eigenvalue weighted by molar-refractivity contribution is 5.95. The number of pyridine rings is 1. The number of aryl methyl sites for hydroxylation is 1. The quantitative estimate of drug-likeness (QED) is 0.876. The maximum Gasteiger partial charge on any atom is 0.341 e. The Balaban J connectivity index is 2.32. The van der Waals surface area contributed by atoms with Gasteiger partial charge < -0.3 is 14.9 Å². The Hall–Kier alpha value is -2.89. The highest BCUT2D eigenvalue weighted by Gasteiger charge is 2.19. The normalized spacial score (nSPS) is 10.1. The lowest BCUT2D eigenvalue weighted by atomic mass is 10.1.